The van der Waals surface area contributed by atoms with Crippen LogP contribution in [-0.4, -0.2) is 45.9 Å². The van der Waals surface area contributed by atoms with Crippen LogP contribution in [-0.2, 0) is 11.3 Å². The average Bonchev–Trinajstić information content (AvgIpc) is 3.09. The second-order valence-electron chi connectivity index (χ2n) is 8.37. The lowest BCUT2D eigenvalue weighted by molar-refractivity contribution is 0.0488. The van der Waals surface area contributed by atoms with Crippen molar-refractivity contribution in [2.75, 3.05) is 13.1 Å². The Labute approximate surface area is 166 Å². The van der Waals surface area contributed by atoms with E-state index in [4.69, 9.17) is 9.15 Å². The summed E-state index contributed by atoms with van der Waals surface area (Å²) >= 11 is 0. The van der Waals surface area contributed by atoms with E-state index in [1.54, 1.807) is 0 Å². The van der Waals surface area contributed by atoms with Crippen molar-refractivity contribution in [2.24, 2.45) is 0 Å². The fourth-order valence-electron chi connectivity index (χ4n) is 3.32. The summed E-state index contributed by atoms with van der Waals surface area (Å²) in [6.45, 7) is 9.71. The normalized spacial score (nSPS) is 18.1. The zero-order chi connectivity index (χ0) is 20.1. The lowest BCUT2D eigenvalue weighted by atomic mass is 10.0. The van der Waals surface area contributed by atoms with Gasteiger partial charge in [-0.05, 0) is 59.2 Å². The third kappa shape index (κ3) is 5.79. The Morgan fingerprint density at radius 3 is 2.71 bits per heavy atom. The molecule has 1 aliphatic heterocycles. The van der Waals surface area contributed by atoms with Crippen molar-refractivity contribution in [1.82, 2.24) is 20.4 Å². The third-order valence-electron chi connectivity index (χ3n) is 4.73. The number of aryl methyl sites for hydroxylation is 1. The third-order valence-corrected chi connectivity index (χ3v) is 4.73. The highest BCUT2D eigenvalue weighted by Crippen LogP contribution is 2.22. The van der Waals surface area contributed by atoms with E-state index in [0.29, 0.717) is 24.9 Å². The summed E-state index contributed by atoms with van der Waals surface area (Å²) in [7, 11) is 0. The predicted octanol–water partition coefficient (Wildman–Crippen LogP) is 3.92. The second kappa shape index (κ2) is 8.73. The van der Waals surface area contributed by atoms with Gasteiger partial charge in [0.15, 0.2) is 0 Å². The van der Waals surface area contributed by atoms with Crippen LogP contribution in [0.3, 0.4) is 0 Å². The van der Waals surface area contributed by atoms with Crippen LogP contribution in [0.15, 0.2) is 28.7 Å². The molecule has 1 aromatic heterocycles. The lowest BCUT2D eigenvalue weighted by Crippen LogP contribution is -2.47. The highest BCUT2D eigenvalue weighted by atomic mass is 16.6. The highest BCUT2D eigenvalue weighted by molar-refractivity contribution is 5.67. The first-order valence-electron chi connectivity index (χ1n) is 9.90. The van der Waals surface area contributed by atoms with Crippen LogP contribution in [0.4, 0.5) is 4.79 Å². The zero-order valence-corrected chi connectivity index (χ0v) is 17.2. The van der Waals surface area contributed by atoms with E-state index in [-0.39, 0.29) is 12.1 Å². The number of likely N-dealkylation sites (tertiary alicyclic amines) is 1. The summed E-state index contributed by atoms with van der Waals surface area (Å²) in [5.74, 6) is 1.13. The summed E-state index contributed by atoms with van der Waals surface area (Å²) in [5, 5.41) is 11.3. The van der Waals surface area contributed by atoms with E-state index in [1.807, 2.05) is 52.0 Å². The molecule has 1 aromatic carbocycles. The molecule has 1 aliphatic rings. The number of rotatable bonds is 5. The maximum absolute atomic E-state index is 12.0. The minimum absolute atomic E-state index is 0.232. The molecule has 7 nitrogen and oxygen atoms in total. The van der Waals surface area contributed by atoms with E-state index < -0.39 is 5.60 Å². The molecular formula is C21H30N4O3. The number of hydrogen-bond donors (Lipinski definition) is 1. The van der Waals surface area contributed by atoms with Gasteiger partial charge in [-0.2, -0.15) is 0 Å². The average molecular weight is 386 g/mol. The van der Waals surface area contributed by atoms with Gasteiger partial charge in [0.05, 0.1) is 6.54 Å². The predicted molar refractivity (Wildman–Crippen MR) is 107 cm³/mol. The van der Waals surface area contributed by atoms with E-state index in [2.05, 4.69) is 20.4 Å². The number of carbonyl (C=O) groups is 1. The molecule has 1 atom stereocenters. The molecule has 1 unspecified atom stereocenters. The molecule has 1 amide bonds. The molecule has 1 N–H and O–H groups in total. The topological polar surface area (TPSA) is 80.5 Å². The van der Waals surface area contributed by atoms with Gasteiger partial charge in [-0.15, -0.1) is 10.2 Å². The molecule has 2 aromatic rings. The van der Waals surface area contributed by atoms with Crippen LogP contribution in [0, 0.1) is 6.92 Å². The first-order valence-corrected chi connectivity index (χ1v) is 9.90. The van der Waals surface area contributed by atoms with E-state index in [9.17, 15) is 4.79 Å². The molecule has 1 saturated heterocycles. The van der Waals surface area contributed by atoms with Gasteiger partial charge in [0.2, 0.25) is 11.8 Å². The molecule has 1 fully saturated rings. The number of nitrogens with one attached hydrogen (secondary N) is 1. The molecule has 0 aliphatic carbocycles. The SMILES string of the molecule is Cc1ccc(-c2nnc(CN3CCCCC3CNC(=O)OC(C)(C)C)o2)cc1. The van der Waals surface area contributed by atoms with Crippen molar-refractivity contribution in [2.45, 2.75) is 65.1 Å². The molecule has 7 heteroatoms. The number of hydrogen-bond acceptors (Lipinski definition) is 6. The number of aromatic nitrogens is 2. The van der Waals surface area contributed by atoms with Crippen LogP contribution in [0.2, 0.25) is 0 Å². The first kappa shape index (κ1) is 20.3. The first-order chi connectivity index (χ1) is 13.3. The zero-order valence-electron chi connectivity index (χ0n) is 17.2. The molecule has 0 bridgehead atoms. The van der Waals surface area contributed by atoms with Crippen LogP contribution in [0.25, 0.3) is 11.5 Å². The summed E-state index contributed by atoms with van der Waals surface area (Å²) < 4.78 is 11.2. The largest absolute Gasteiger partial charge is 0.444 e. The molecule has 0 radical (unpaired) electrons. The van der Waals surface area contributed by atoms with Crippen molar-refractivity contribution in [3.05, 3.63) is 35.7 Å². The molecule has 28 heavy (non-hydrogen) atoms. The highest BCUT2D eigenvalue weighted by Gasteiger charge is 2.26. The minimum Gasteiger partial charge on any atom is -0.444 e. The van der Waals surface area contributed by atoms with Crippen LogP contribution >= 0.6 is 0 Å². The minimum atomic E-state index is -0.494. The lowest BCUT2D eigenvalue weighted by Gasteiger charge is -2.34. The van der Waals surface area contributed by atoms with E-state index >= 15 is 0 Å². The van der Waals surface area contributed by atoms with Gasteiger partial charge >= 0.3 is 6.09 Å². The molecular weight excluding hydrogens is 356 g/mol. The van der Waals surface area contributed by atoms with Gasteiger partial charge in [-0.1, -0.05) is 24.1 Å². The molecule has 2 heterocycles. The number of piperidine rings is 1. The van der Waals surface area contributed by atoms with Gasteiger partial charge in [0.25, 0.3) is 0 Å². The molecule has 3 rings (SSSR count). The fraction of sp³-hybridized carbons (Fsp3) is 0.571. The standard InChI is InChI=1S/C21H30N4O3/c1-15-8-10-16(11-9-15)19-24-23-18(27-19)14-25-12-6-5-7-17(25)13-22-20(26)28-21(2,3)4/h8-11,17H,5-7,12-14H2,1-4H3,(H,22,26). The Balaban J connectivity index is 1.58. The van der Waals surface area contributed by atoms with Crippen LogP contribution < -0.4 is 5.32 Å². The van der Waals surface area contributed by atoms with Crippen molar-refractivity contribution in [3.63, 3.8) is 0 Å². The van der Waals surface area contributed by atoms with E-state index in [1.165, 1.54) is 5.56 Å². The fourth-order valence-corrected chi connectivity index (χ4v) is 3.32. The van der Waals surface area contributed by atoms with Crippen molar-refractivity contribution in [1.29, 1.82) is 0 Å². The Kier molecular flexibility index (Phi) is 6.34. The van der Waals surface area contributed by atoms with Crippen molar-refractivity contribution in [3.8, 4) is 11.5 Å². The number of alkyl carbamates (subject to hydrolysis) is 1. The van der Waals surface area contributed by atoms with Gasteiger partial charge in [0, 0.05) is 18.2 Å². The van der Waals surface area contributed by atoms with Gasteiger partial charge in [0.1, 0.15) is 5.60 Å². The van der Waals surface area contributed by atoms with Gasteiger partial charge in [-0.25, -0.2) is 4.79 Å². The van der Waals surface area contributed by atoms with E-state index in [0.717, 1.165) is 31.4 Å². The maximum Gasteiger partial charge on any atom is 0.407 e. The summed E-state index contributed by atoms with van der Waals surface area (Å²) in [6.07, 6.45) is 2.92. The summed E-state index contributed by atoms with van der Waals surface area (Å²) in [6, 6.07) is 8.27. The number of nitrogens with zero attached hydrogens (tertiary/aromatic N) is 3. The van der Waals surface area contributed by atoms with Crippen LogP contribution in [0.5, 0.6) is 0 Å². The molecule has 152 valence electrons. The van der Waals surface area contributed by atoms with Crippen molar-refractivity contribution < 1.29 is 13.9 Å². The Morgan fingerprint density at radius 2 is 2.00 bits per heavy atom. The Bertz CT molecular complexity index is 780. The maximum atomic E-state index is 12.0. The van der Waals surface area contributed by atoms with Crippen molar-refractivity contribution >= 4 is 6.09 Å². The molecule has 0 spiro atoms. The van der Waals surface area contributed by atoms with Gasteiger partial charge < -0.3 is 14.5 Å². The number of benzene rings is 1. The number of carbonyl (C=O) groups excluding carboxylic acids is 1. The summed E-state index contributed by atoms with van der Waals surface area (Å²) in [5.41, 5.74) is 1.62. The monoisotopic (exact) mass is 386 g/mol. The Hall–Kier alpha value is -2.41. The van der Waals surface area contributed by atoms with Gasteiger partial charge in [-0.3, -0.25) is 4.90 Å². The number of ether oxygens (including phenoxy) is 1. The van der Waals surface area contributed by atoms with Crippen LogP contribution in [0.1, 0.15) is 51.5 Å². The smallest absolute Gasteiger partial charge is 0.407 e. The second-order valence-corrected chi connectivity index (χ2v) is 8.37. The number of amides is 1. The quantitative estimate of drug-likeness (QED) is 0.839. The summed E-state index contributed by atoms with van der Waals surface area (Å²) in [4.78, 5) is 14.3. The Morgan fingerprint density at radius 1 is 1.25 bits per heavy atom. The molecule has 0 saturated carbocycles.